The van der Waals surface area contributed by atoms with E-state index in [0.717, 1.165) is 4.88 Å². The number of dihydropyridines is 1. The van der Waals surface area contributed by atoms with Crippen LogP contribution in [0.15, 0.2) is 64.3 Å². The van der Waals surface area contributed by atoms with Crippen molar-refractivity contribution in [3.63, 3.8) is 0 Å². The molecule has 4 rings (SSSR count). The summed E-state index contributed by atoms with van der Waals surface area (Å²) in [4.78, 5) is 40.2. The van der Waals surface area contributed by atoms with Crippen molar-refractivity contribution < 1.29 is 28.2 Å². The third-order valence-corrected chi connectivity index (χ3v) is 7.00. The second-order valence-electron chi connectivity index (χ2n) is 7.72. The molecule has 0 radical (unpaired) electrons. The number of carbonyl (C=O) groups is 3. The molecular formula is C24H22FNO5S. The van der Waals surface area contributed by atoms with Gasteiger partial charge in [0.2, 0.25) is 0 Å². The van der Waals surface area contributed by atoms with Gasteiger partial charge < -0.3 is 14.8 Å². The fourth-order valence-corrected chi connectivity index (χ4v) is 5.44. The van der Waals surface area contributed by atoms with E-state index in [9.17, 15) is 18.8 Å². The highest BCUT2D eigenvalue weighted by molar-refractivity contribution is 7.10. The second kappa shape index (κ2) is 8.70. The zero-order valence-corrected chi connectivity index (χ0v) is 18.6. The molecule has 6 nitrogen and oxygen atoms in total. The maximum atomic E-state index is 13.8. The van der Waals surface area contributed by atoms with E-state index in [0.29, 0.717) is 29.0 Å². The fraction of sp³-hybridized carbons (Fsp3) is 0.292. The molecule has 2 aliphatic rings. The van der Waals surface area contributed by atoms with Gasteiger partial charge >= 0.3 is 11.9 Å². The largest absolute Gasteiger partial charge is 0.468 e. The summed E-state index contributed by atoms with van der Waals surface area (Å²) in [6.45, 7) is 1.74. The molecule has 32 heavy (non-hydrogen) atoms. The van der Waals surface area contributed by atoms with Crippen LogP contribution in [-0.2, 0) is 23.9 Å². The Kier molecular flexibility index (Phi) is 5.97. The first-order valence-electron chi connectivity index (χ1n) is 10.1. The van der Waals surface area contributed by atoms with Crippen molar-refractivity contribution in [2.75, 3.05) is 14.2 Å². The Balaban J connectivity index is 1.90. The van der Waals surface area contributed by atoms with Gasteiger partial charge in [0.05, 0.1) is 19.8 Å². The molecule has 1 aliphatic carbocycles. The molecule has 0 saturated heterocycles. The summed E-state index contributed by atoms with van der Waals surface area (Å²) in [6, 6.07) is 9.41. The zero-order chi connectivity index (χ0) is 23.0. The fourth-order valence-electron chi connectivity index (χ4n) is 4.57. The Morgan fingerprint density at radius 2 is 1.84 bits per heavy atom. The molecule has 0 spiro atoms. The van der Waals surface area contributed by atoms with Crippen molar-refractivity contribution in [2.24, 2.45) is 5.92 Å². The van der Waals surface area contributed by atoms with Crippen LogP contribution in [0.4, 0.5) is 4.39 Å². The molecular weight excluding hydrogens is 433 g/mol. The van der Waals surface area contributed by atoms with E-state index < -0.39 is 35.4 Å². The highest BCUT2D eigenvalue weighted by Gasteiger charge is 2.49. The molecule has 1 N–H and O–H groups in total. The summed E-state index contributed by atoms with van der Waals surface area (Å²) in [6.07, 6.45) is 0.394. The van der Waals surface area contributed by atoms with Crippen LogP contribution in [-0.4, -0.2) is 31.9 Å². The van der Waals surface area contributed by atoms with E-state index in [1.54, 1.807) is 6.92 Å². The predicted octanol–water partition coefficient (Wildman–Crippen LogP) is 3.82. The third-order valence-electron chi connectivity index (χ3n) is 5.99. The van der Waals surface area contributed by atoms with Crippen molar-refractivity contribution in [2.45, 2.75) is 25.2 Å². The van der Waals surface area contributed by atoms with Crippen molar-refractivity contribution in [3.8, 4) is 0 Å². The molecule has 3 atom stereocenters. The molecule has 1 aliphatic heterocycles. The van der Waals surface area contributed by atoms with Crippen molar-refractivity contribution in [3.05, 3.63) is 80.6 Å². The molecule has 0 bridgehead atoms. The Morgan fingerprint density at radius 3 is 2.44 bits per heavy atom. The van der Waals surface area contributed by atoms with Crippen LogP contribution in [0.3, 0.4) is 0 Å². The molecule has 8 heteroatoms. The maximum absolute atomic E-state index is 13.8. The minimum absolute atomic E-state index is 0.254. The molecule has 3 unspecified atom stereocenters. The number of hydrogen-bond donors (Lipinski definition) is 1. The van der Waals surface area contributed by atoms with Crippen molar-refractivity contribution in [1.82, 2.24) is 5.32 Å². The maximum Gasteiger partial charge on any atom is 0.336 e. The van der Waals surface area contributed by atoms with E-state index in [1.165, 1.54) is 49.8 Å². The Hall–Kier alpha value is -3.26. The molecule has 0 saturated carbocycles. The van der Waals surface area contributed by atoms with Gasteiger partial charge in [-0.3, -0.25) is 9.59 Å². The minimum Gasteiger partial charge on any atom is -0.468 e. The quantitative estimate of drug-likeness (QED) is 0.558. The number of esters is 2. The van der Waals surface area contributed by atoms with Gasteiger partial charge in [0.1, 0.15) is 11.7 Å². The number of carbonyl (C=O) groups excluding carboxylic acids is 3. The second-order valence-corrected chi connectivity index (χ2v) is 8.70. The molecule has 0 fully saturated rings. The number of ketones is 1. The van der Waals surface area contributed by atoms with E-state index >= 15 is 0 Å². The van der Waals surface area contributed by atoms with Crippen LogP contribution >= 0.6 is 11.3 Å². The van der Waals surface area contributed by atoms with Crippen LogP contribution in [0.5, 0.6) is 0 Å². The lowest BCUT2D eigenvalue weighted by molar-refractivity contribution is -0.149. The monoisotopic (exact) mass is 455 g/mol. The van der Waals surface area contributed by atoms with E-state index in [4.69, 9.17) is 9.47 Å². The van der Waals surface area contributed by atoms with Crippen LogP contribution in [0.25, 0.3) is 0 Å². The minimum atomic E-state index is -1.04. The highest BCUT2D eigenvalue weighted by atomic mass is 32.1. The Labute approximate surface area is 188 Å². The number of thiophene rings is 1. The molecule has 0 amide bonds. The number of allylic oxidation sites excluding steroid dienone is 3. The van der Waals surface area contributed by atoms with Gasteiger partial charge in [0.15, 0.2) is 5.78 Å². The van der Waals surface area contributed by atoms with E-state index in [2.05, 4.69) is 5.32 Å². The standard InChI is InChI=1S/C24H22FNO5S/c1-12-18(23(28)30-2)19(13-6-8-14(25)9-7-13)21-16(26-12)11-15(17-5-4-10-32-17)20(22(21)27)24(29)31-3/h4-10,15,19-20,26H,11H2,1-3H3. The molecule has 2 heterocycles. The summed E-state index contributed by atoms with van der Waals surface area (Å²) in [5, 5.41) is 5.11. The number of nitrogens with one attached hydrogen (secondary N) is 1. The van der Waals surface area contributed by atoms with Gasteiger partial charge in [-0.15, -0.1) is 11.3 Å². The number of Topliss-reactive ketones (excluding diaryl/α,β-unsaturated/α-hetero) is 1. The van der Waals surface area contributed by atoms with Gasteiger partial charge in [-0.2, -0.15) is 0 Å². The number of benzene rings is 1. The smallest absolute Gasteiger partial charge is 0.336 e. The van der Waals surface area contributed by atoms with Crippen LogP contribution < -0.4 is 5.32 Å². The van der Waals surface area contributed by atoms with Crippen LogP contribution in [0.1, 0.15) is 35.6 Å². The lowest BCUT2D eigenvalue weighted by Crippen LogP contribution is -2.43. The zero-order valence-electron chi connectivity index (χ0n) is 17.8. The number of ether oxygens (including phenoxy) is 2. The lowest BCUT2D eigenvalue weighted by Gasteiger charge is -2.39. The number of rotatable bonds is 4. The van der Waals surface area contributed by atoms with Gasteiger partial charge in [0, 0.05) is 33.7 Å². The number of halogens is 1. The average Bonchev–Trinajstić information content (AvgIpc) is 3.32. The van der Waals surface area contributed by atoms with Gasteiger partial charge in [-0.05, 0) is 42.5 Å². The topological polar surface area (TPSA) is 81.7 Å². The third kappa shape index (κ3) is 3.64. The number of methoxy groups -OCH3 is 2. The lowest BCUT2D eigenvalue weighted by atomic mass is 9.68. The van der Waals surface area contributed by atoms with Crippen molar-refractivity contribution >= 4 is 29.1 Å². The first-order chi connectivity index (χ1) is 15.4. The predicted molar refractivity (Wildman–Crippen MR) is 116 cm³/mol. The van der Waals surface area contributed by atoms with E-state index in [1.807, 2.05) is 17.5 Å². The SMILES string of the molecule is COC(=O)C1=C(C)NC2=C(C(=O)C(C(=O)OC)C(c3cccs3)C2)C1c1ccc(F)cc1. The van der Waals surface area contributed by atoms with Gasteiger partial charge in [0.25, 0.3) is 0 Å². The van der Waals surface area contributed by atoms with Crippen LogP contribution in [0.2, 0.25) is 0 Å². The summed E-state index contributed by atoms with van der Waals surface area (Å²) >= 11 is 1.47. The Bertz CT molecular complexity index is 1130. The molecule has 166 valence electrons. The highest BCUT2D eigenvalue weighted by Crippen LogP contribution is 2.48. The molecule has 1 aromatic heterocycles. The molecule has 2 aromatic rings. The normalized spacial score (nSPS) is 22.9. The first-order valence-corrected chi connectivity index (χ1v) is 10.9. The average molecular weight is 456 g/mol. The number of hydrogen-bond acceptors (Lipinski definition) is 7. The van der Waals surface area contributed by atoms with E-state index in [-0.39, 0.29) is 11.5 Å². The first kappa shape index (κ1) is 22.0. The summed E-state index contributed by atoms with van der Waals surface area (Å²) < 4.78 is 23.6. The summed E-state index contributed by atoms with van der Waals surface area (Å²) in [5.41, 5.74) is 2.33. The summed E-state index contributed by atoms with van der Waals surface area (Å²) in [5.74, 6) is -4.28. The van der Waals surface area contributed by atoms with Gasteiger partial charge in [-0.25, -0.2) is 9.18 Å². The van der Waals surface area contributed by atoms with Gasteiger partial charge in [-0.1, -0.05) is 18.2 Å². The van der Waals surface area contributed by atoms with Crippen LogP contribution in [0, 0.1) is 11.7 Å². The molecule has 1 aromatic carbocycles. The van der Waals surface area contributed by atoms with Crippen molar-refractivity contribution in [1.29, 1.82) is 0 Å². The Morgan fingerprint density at radius 1 is 1.12 bits per heavy atom. The summed E-state index contributed by atoms with van der Waals surface area (Å²) in [7, 11) is 2.52.